The number of benzene rings is 1. The Bertz CT molecular complexity index is 528. The van der Waals surface area contributed by atoms with Gasteiger partial charge < -0.3 is 4.90 Å². The lowest BCUT2D eigenvalue weighted by molar-refractivity contribution is 0.105. The second kappa shape index (κ2) is 5.27. The van der Waals surface area contributed by atoms with E-state index in [0.717, 1.165) is 24.2 Å². The normalized spacial score (nSPS) is 14.3. The highest BCUT2D eigenvalue weighted by Crippen LogP contribution is 2.17. The van der Waals surface area contributed by atoms with Crippen LogP contribution in [0.15, 0.2) is 12.1 Å². The predicted molar refractivity (Wildman–Crippen MR) is 73.6 cm³/mol. The number of Topliss-reactive ketones (excluding diaryl/α,β-unsaturated/α-hetero) is 1. The van der Waals surface area contributed by atoms with Crippen LogP contribution in [0.3, 0.4) is 0 Å². The van der Waals surface area contributed by atoms with Crippen LogP contribution >= 0.6 is 0 Å². The molecule has 1 fully saturated rings. The van der Waals surface area contributed by atoms with E-state index in [0.29, 0.717) is 0 Å². The molecule has 0 aliphatic carbocycles. The Kier molecular flexibility index (Phi) is 3.72. The summed E-state index contributed by atoms with van der Waals surface area (Å²) in [6, 6.07) is 6.86. The molecule has 1 heterocycles. The molecule has 0 aromatic heterocycles. The molecule has 2 nitrogen and oxygen atoms in total. The maximum atomic E-state index is 12.1. The molecule has 1 saturated heterocycles. The zero-order valence-corrected chi connectivity index (χ0v) is 11.3. The van der Waals surface area contributed by atoms with Crippen LogP contribution in [0.25, 0.3) is 0 Å². The summed E-state index contributed by atoms with van der Waals surface area (Å²) in [7, 11) is 0. The average Bonchev–Trinajstić information content (AvgIpc) is 2.86. The lowest BCUT2D eigenvalue weighted by Crippen LogP contribution is -2.12. The highest BCUT2D eigenvalue weighted by atomic mass is 16.1. The maximum absolute atomic E-state index is 12.1. The average molecular weight is 241 g/mol. The summed E-state index contributed by atoms with van der Waals surface area (Å²) in [5, 5.41) is 0. The Labute approximate surface area is 109 Å². The number of rotatable bonds is 1. The van der Waals surface area contributed by atoms with Gasteiger partial charge in [0.25, 0.3) is 0 Å². The Balaban J connectivity index is 2.21. The summed E-state index contributed by atoms with van der Waals surface area (Å²) in [6.07, 6.45) is 2.37. The molecule has 0 atom stereocenters. The minimum atomic E-state index is -0.0671. The van der Waals surface area contributed by atoms with Crippen molar-refractivity contribution in [2.24, 2.45) is 0 Å². The molecule has 0 spiro atoms. The van der Waals surface area contributed by atoms with Crippen molar-refractivity contribution in [3.8, 4) is 12.0 Å². The number of likely N-dealkylation sites (tertiary alicyclic amines) is 1. The molecule has 1 aliphatic heterocycles. The molecular weight excluding hydrogens is 222 g/mol. The first-order valence-corrected chi connectivity index (χ1v) is 6.47. The van der Waals surface area contributed by atoms with Gasteiger partial charge in [0.1, 0.15) is 0 Å². The van der Waals surface area contributed by atoms with E-state index >= 15 is 0 Å². The van der Waals surface area contributed by atoms with Gasteiger partial charge in [0, 0.05) is 24.7 Å². The fraction of sp³-hybridized carbons (Fsp3) is 0.438. The van der Waals surface area contributed by atoms with Crippen molar-refractivity contribution in [1.82, 2.24) is 4.90 Å². The third kappa shape index (κ3) is 2.56. The first kappa shape index (κ1) is 12.7. The smallest absolute Gasteiger partial charge is 0.237 e. The Hall–Kier alpha value is -1.75. The molecular formula is C16H19NO. The fourth-order valence-electron chi connectivity index (χ4n) is 2.23. The van der Waals surface area contributed by atoms with Crippen molar-refractivity contribution in [2.45, 2.75) is 33.6 Å². The highest BCUT2D eigenvalue weighted by molar-refractivity contribution is 6.10. The van der Waals surface area contributed by atoms with Gasteiger partial charge in [-0.25, -0.2) is 0 Å². The van der Waals surface area contributed by atoms with Crippen LogP contribution in [0.5, 0.6) is 0 Å². The van der Waals surface area contributed by atoms with Crippen molar-refractivity contribution in [2.75, 3.05) is 13.1 Å². The lowest BCUT2D eigenvalue weighted by Gasteiger charge is -2.08. The number of carbonyl (C=O) groups is 1. The Morgan fingerprint density at radius 1 is 1.11 bits per heavy atom. The van der Waals surface area contributed by atoms with E-state index in [1.165, 1.54) is 24.0 Å². The van der Waals surface area contributed by atoms with Crippen molar-refractivity contribution in [1.29, 1.82) is 0 Å². The number of hydrogen-bond donors (Lipinski definition) is 0. The van der Waals surface area contributed by atoms with Crippen molar-refractivity contribution < 1.29 is 4.79 Å². The van der Waals surface area contributed by atoms with Gasteiger partial charge in [0.2, 0.25) is 5.78 Å². The number of aryl methyl sites for hydroxylation is 1. The molecule has 18 heavy (non-hydrogen) atoms. The van der Waals surface area contributed by atoms with Gasteiger partial charge in [0.05, 0.1) is 0 Å². The zero-order chi connectivity index (χ0) is 13.1. The van der Waals surface area contributed by atoms with Crippen LogP contribution in [0, 0.1) is 32.7 Å². The standard InChI is InChI=1S/C16H19NO/c1-12-6-7-15(14(3)13(12)2)16(18)8-11-17-9-4-5-10-17/h6-7H,4-5,9-10H2,1-3H3. The van der Waals surface area contributed by atoms with Crippen LogP contribution < -0.4 is 0 Å². The summed E-state index contributed by atoms with van der Waals surface area (Å²) >= 11 is 0. The first-order chi connectivity index (χ1) is 8.59. The maximum Gasteiger partial charge on any atom is 0.237 e. The number of carbonyl (C=O) groups excluding carboxylic acids is 1. The zero-order valence-electron chi connectivity index (χ0n) is 11.3. The summed E-state index contributed by atoms with van der Waals surface area (Å²) in [5.74, 6) is 2.70. The summed E-state index contributed by atoms with van der Waals surface area (Å²) in [6.45, 7) is 8.09. The first-order valence-electron chi connectivity index (χ1n) is 6.47. The number of ketones is 1. The second-order valence-corrected chi connectivity index (χ2v) is 4.94. The largest absolute Gasteiger partial charge is 0.332 e. The Morgan fingerprint density at radius 3 is 2.44 bits per heavy atom. The van der Waals surface area contributed by atoms with Crippen LogP contribution in [-0.4, -0.2) is 23.8 Å². The monoisotopic (exact) mass is 241 g/mol. The molecule has 2 rings (SSSR count). The van der Waals surface area contributed by atoms with Gasteiger partial charge in [-0.3, -0.25) is 4.79 Å². The van der Waals surface area contributed by atoms with E-state index in [9.17, 15) is 4.79 Å². The molecule has 1 aromatic rings. The van der Waals surface area contributed by atoms with Gasteiger partial charge in [0.15, 0.2) is 0 Å². The molecule has 1 aromatic carbocycles. The van der Waals surface area contributed by atoms with E-state index in [-0.39, 0.29) is 5.78 Å². The van der Waals surface area contributed by atoms with Gasteiger partial charge in [-0.15, -0.1) is 0 Å². The molecule has 1 aliphatic rings. The second-order valence-electron chi connectivity index (χ2n) is 4.94. The van der Waals surface area contributed by atoms with Crippen molar-refractivity contribution in [3.63, 3.8) is 0 Å². The highest BCUT2D eigenvalue weighted by Gasteiger charge is 2.11. The van der Waals surface area contributed by atoms with Crippen molar-refractivity contribution >= 4 is 5.78 Å². The van der Waals surface area contributed by atoms with Gasteiger partial charge in [-0.05, 0) is 62.3 Å². The third-order valence-corrected chi connectivity index (χ3v) is 3.74. The molecule has 94 valence electrons. The lowest BCUT2D eigenvalue weighted by atomic mass is 9.97. The predicted octanol–water partition coefficient (Wildman–Crippen LogP) is 2.85. The van der Waals surface area contributed by atoms with E-state index in [1.54, 1.807) is 0 Å². The molecule has 0 N–H and O–H groups in total. The SMILES string of the molecule is Cc1ccc(C(=O)C#CN2CCCC2)c(C)c1C. The molecule has 2 heteroatoms. The number of nitrogens with zero attached hydrogens (tertiary/aromatic N) is 1. The van der Waals surface area contributed by atoms with Gasteiger partial charge in [-0.1, -0.05) is 6.07 Å². The molecule has 0 bridgehead atoms. The quantitative estimate of drug-likeness (QED) is 0.556. The van der Waals surface area contributed by atoms with Gasteiger partial charge >= 0.3 is 0 Å². The van der Waals surface area contributed by atoms with Crippen LogP contribution in [0.4, 0.5) is 0 Å². The summed E-state index contributed by atoms with van der Waals surface area (Å²) in [4.78, 5) is 14.1. The van der Waals surface area contributed by atoms with Crippen LogP contribution in [0.1, 0.15) is 39.9 Å². The fourth-order valence-corrected chi connectivity index (χ4v) is 2.23. The Morgan fingerprint density at radius 2 is 1.78 bits per heavy atom. The molecule has 0 saturated carbocycles. The van der Waals surface area contributed by atoms with Crippen molar-refractivity contribution in [3.05, 3.63) is 34.4 Å². The number of hydrogen-bond acceptors (Lipinski definition) is 2. The topological polar surface area (TPSA) is 20.3 Å². The molecule has 0 amide bonds. The minimum Gasteiger partial charge on any atom is -0.332 e. The summed E-state index contributed by atoms with van der Waals surface area (Å²) < 4.78 is 0. The van der Waals surface area contributed by atoms with Crippen LogP contribution in [-0.2, 0) is 0 Å². The molecule has 0 radical (unpaired) electrons. The minimum absolute atomic E-state index is 0.0671. The van der Waals surface area contributed by atoms with Crippen LogP contribution in [0.2, 0.25) is 0 Å². The van der Waals surface area contributed by atoms with E-state index < -0.39 is 0 Å². The third-order valence-electron chi connectivity index (χ3n) is 3.74. The van der Waals surface area contributed by atoms with E-state index in [2.05, 4.69) is 25.8 Å². The van der Waals surface area contributed by atoms with Gasteiger partial charge in [-0.2, -0.15) is 0 Å². The summed E-state index contributed by atoms with van der Waals surface area (Å²) in [5.41, 5.74) is 4.20. The van der Waals surface area contributed by atoms with E-state index in [1.807, 2.05) is 24.0 Å². The molecule has 0 unspecified atom stereocenters. The van der Waals surface area contributed by atoms with E-state index in [4.69, 9.17) is 0 Å².